The molecule has 2 heterocycles. The number of nitrogens with zero attached hydrogens (tertiary/aromatic N) is 2. The zero-order valence-corrected chi connectivity index (χ0v) is 18.9. The molecule has 3 amide bonds. The predicted molar refractivity (Wildman–Crippen MR) is 126 cm³/mol. The molecule has 3 aromatic rings. The molecule has 0 atom stereocenters. The van der Waals surface area contributed by atoms with Crippen LogP contribution in [-0.4, -0.2) is 64.7 Å². The summed E-state index contributed by atoms with van der Waals surface area (Å²) < 4.78 is 14.0. The number of aromatic amines is 1. The number of fused-ring (bicyclic) bond motifs is 1. The van der Waals surface area contributed by atoms with Crippen LogP contribution in [0.25, 0.3) is 22.2 Å². The Bertz CT molecular complexity index is 1230. The maximum Gasteiger partial charge on any atom is 0.312 e. The van der Waals surface area contributed by atoms with Gasteiger partial charge < -0.3 is 20.1 Å². The number of rotatable bonds is 5. The molecular weight excluding hydrogens is 435 g/mol. The molecule has 1 saturated carbocycles. The predicted octanol–water partition coefficient (Wildman–Crippen LogP) is 2.86. The molecule has 1 saturated heterocycles. The molecule has 7 nitrogen and oxygen atoms in total. The number of aromatic nitrogens is 1. The van der Waals surface area contributed by atoms with Gasteiger partial charge in [-0.05, 0) is 48.6 Å². The summed E-state index contributed by atoms with van der Waals surface area (Å²) in [5.74, 6) is -1.40. The van der Waals surface area contributed by atoms with E-state index >= 15 is 0 Å². The van der Waals surface area contributed by atoms with E-state index in [1.165, 1.54) is 17.0 Å². The zero-order valence-electron chi connectivity index (χ0n) is 18.9. The lowest BCUT2D eigenvalue weighted by atomic mass is 10.0. The summed E-state index contributed by atoms with van der Waals surface area (Å²) in [5, 5.41) is 3.50. The molecule has 8 heteroatoms. The zero-order chi connectivity index (χ0) is 23.7. The molecule has 0 bridgehead atoms. The summed E-state index contributed by atoms with van der Waals surface area (Å²) in [5.41, 5.74) is 3.63. The molecule has 176 valence electrons. The Balaban J connectivity index is 1.24. The van der Waals surface area contributed by atoms with Crippen LogP contribution in [0.15, 0.2) is 48.5 Å². The van der Waals surface area contributed by atoms with Crippen molar-refractivity contribution in [3.8, 4) is 11.3 Å². The first-order valence-electron chi connectivity index (χ1n) is 11.7. The van der Waals surface area contributed by atoms with Crippen LogP contribution in [-0.2, 0) is 20.8 Å². The van der Waals surface area contributed by atoms with Crippen LogP contribution >= 0.6 is 0 Å². The third-order valence-electron chi connectivity index (χ3n) is 6.55. The van der Waals surface area contributed by atoms with Crippen molar-refractivity contribution in [1.29, 1.82) is 0 Å². The summed E-state index contributed by atoms with van der Waals surface area (Å²) in [4.78, 5) is 43.9. The van der Waals surface area contributed by atoms with E-state index in [0.717, 1.165) is 40.6 Å². The van der Waals surface area contributed by atoms with E-state index in [2.05, 4.69) is 10.3 Å². The Morgan fingerprint density at radius 1 is 0.971 bits per heavy atom. The van der Waals surface area contributed by atoms with Crippen LogP contribution in [0.3, 0.4) is 0 Å². The third kappa shape index (κ3) is 4.66. The van der Waals surface area contributed by atoms with Crippen LogP contribution in [0.5, 0.6) is 0 Å². The van der Waals surface area contributed by atoms with Crippen molar-refractivity contribution in [2.45, 2.75) is 31.7 Å². The molecule has 2 aliphatic rings. The van der Waals surface area contributed by atoms with Gasteiger partial charge in [-0.25, -0.2) is 4.39 Å². The van der Waals surface area contributed by atoms with Crippen LogP contribution < -0.4 is 5.32 Å². The Hall–Kier alpha value is -3.68. The lowest BCUT2D eigenvalue weighted by molar-refractivity contribution is -0.148. The van der Waals surface area contributed by atoms with Crippen molar-refractivity contribution < 1.29 is 18.8 Å². The summed E-state index contributed by atoms with van der Waals surface area (Å²) in [6.45, 7) is 1.48. The van der Waals surface area contributed by atoms with Crippen molar-refractivity contribution in [1.82, 2.24) is 20.1 Å². The first-order valence-corrected chi connectivity index (χ1v) is 11.7. The SMILES string of the molecule is O=C(NC1CC1)C(=O)N1CCN(C(=O)CCc2c(-c3ccccc3)[nH]c3ccc(F)cc23)CC1. The first-order chi connectivity index (χ1) is 16.5. The average molecular weight is 463 g/mol. The molecule has 2 aromatic carbocycles. The number of amides is 3. The Kier molecular flexibility index (Phi) is 6.04. The van der Waals surface area contributed by atoms with E-state index in [-0.39, 0.29) is 24.2 Å². The second-order valence-corrected chi connectivity index (χ2v) is 8.96. The fraction of sp³-hybridized carbons (Fsp3) is 0.346. The number of carbonyl (C=O) groups is 3. The summed E-state index contributed by atoms with van der Waals surface area (Å²) in [6.07, 6.45) is 2.60. The highest BCUT2D eigenvalue weighted by molar-refractivity contribution is 6.35. The van der Waals surface area contributed by atoms with Gasteiger partial charge in [-0.2, -0.15) is 0 Å². The number of carbonyl (C=O) groups excluding carboxylic acids is 3. The smallest absolute Gasteiger partial charge is 0.312 e. The van der Waals surface area contributed by atoms with Gasteiger partial charge in [-0.15, -0.1) is 0 Å². The topological polar surface area (TPSA) is 85.5 Å². The number of nitrogens with one attached hydrogen (secondary N) is 2. The number of hydrogen-bond acceptors (Lipinski definition) is 3. The summed E-state index contributed by atoms with van der Waals surface area (Å²) in [6, 6.07) is 14.6. The average Bonchev–Trinajstić information content (AvgIpc) is 3.61. The van der Waals surface area contributed by atoms with E-state index in [9.17, 15) is 18.8 Å². The second kappa shape index (κ2) is 9.29. The molecule has 1 aliphatic carbocycles. The van der Waals surface area contributed by atoms with Crippen molar-refractivity contribution in [2.75, 3.05) is 26.2 Å². The molecule has 5 rings (SSSR count). The van der Waals surface area contributed by atoms with E-state index in [1.807, 2.05) is 30.3 Å². The summed E-state index contributed by atoms with van der Waals surface area (Å²) in [7, 11) is 0. The third-order valence-corrected chi connectivity index (χ3v) is 6.55. The molecule has 0 unspecified atom stereocenters. The van der Waals surface area contributed by atoms with Gasteiger partial charge in [0.05, 0.1) is 0 Å². The molecule has 2 N–H and O–H groups in total. The minimum Gasteiger partial charge on any atom is -0.354 e. The van der Waals surface area contributed by atoms with E-state index < -0.39 is 11.8 Å². The van der Waals surface area contributed by atoms with Crippen molar-refractivity contribution in [2.24, 2.45) is 0 Å². The highest BCUT2D eigenvalue weighted by atomic mass is 19.1. The van der Waals surface area contributed by atoms with Crippen LogP contribution in [0.2, 0.25) is 0 Å². The number of aryl methyl sites for hydroxylation is 1. The van der Waals surface area contributed by atoms with Crippen molar-refractivity contribution in [3.63, 3.8) is 0 Å². The van der Waals surface area contributed by atoms with Gasteiger partial charge in [0.25, 0.3) is 0 Å². The van der Waals surface area contributed by atoms with Gasteiger partial charge >= 0.3 is 11.8 Å². The number of hydrogen-bond donors (Lipinski definition) is 2. The van der Waals surface area contributed by atoms with Gasteiger partial charge in [-0.3, -0.25) is 14.4 Å². The van der Waals surface area contributed by atoms with Gasteiger partial charge in [0, 0.05) is 55.2 Å². The Morgan fingerprint density at radius 3 is 2.38 bits per heavy atom. The molecule has 0 spiro atoms. The number of piperazine rings is 1. The molecule has 1 aromatic heterocycles. The summed E-state index contributed by atoms with van der Waals surface area (Å²) >= 11 is 0. The van der Waals surface area contributed by atoms with E-state index in [4.69, 9.17) is 0 Å². The second-order valence-electron chi connectivity index (χ2n) is 8.96. The number of halogens is 1. The van der Waals surface area contributed by atoms with E-state index in [1.54, 1.807) is 11.0 Å². The quantitative estimate of drug-likeness (QED) is 0.572. The first kappa shape index (κ1) is 22.1. The Morgan fingerprint density at radius 2 is 1.68 bits per heavy atom. The standard InChI is InChI=1S/C26H27FN4O3/c27-18-6-10-22-21(16-18)20(24(29-22)17-4-2-1-3-5-17)9-11-23(32)30-12-14-31(15-13-30)26(34)25(33)28-19-7-8-19/h1-6,10,16,19,29H,7-9,11-15H2,(H,28,33). The minimum atomic E-state index is -0.553. The Labute approximate surface area is 196 Å². The van der Waals surface area contributed by atoms with Crippen molar-refractivity contribution >= 4 is 28.6 Å². The normalized spacial score (nSPS) is 16.0. The molecular formula is C26H27FN4O3. The fourth-order valence-electron chi connectivity index (χ4n) is 4.50. The van der Waals surface area contributed by atoms with Gasteiger partial charge in [-0.1, -0.05) is 30.3 Å². The fourth-order valence-corrected chi connectivity index (χ4v) is 4.50. The molecule has 0 radical (unpaired) electrons. The largest absolute Gasteiger partial charge is 0.354 e. The maximum atomic E-state index is 14.0. The highest BCUT2D eigenvalue weighted by Gasteiger charge is 2.31. The minimum absolute atomic E-state index is 0.0145. The molecule has 1 aliphatic heterocycles. The lowest BCUT2D eigenvalue weighted by Gasteiger charge is -2.34. The lowest BCUT2D eigenvalue weighted by Crippen LogP contribution is -2.54. The number of H-pyrrole nitrogens is 1. The van der Waals surface area contributed by atoms with Crippen LogP contribution in [0.4, 0.5) is 4.39 Å². The van der Waals surface area contributed by atoms with Gasteiger partial charge in [0.2, 0.25) is 5.91 Å². The number of benzene rings is 2. The highest BCUT2D eigenvalue weighted by Crippen LogP contribution is 2.32. The van der Waals surface area contributed by atoms with Crippen molar-refractivity contribution in [3.05, 3.63) is 59.9 Å². The molecule has 2 fully saturated rings. The van der Waals surface area contributed by atoms with Crippen LogP contribution in [0, 0.1) is 5.82 Å². The van der Waals surface area contributed by atoms with Gasteiger partial charge in [0.15, 0.2) is 0 Å². The van der Waals surface area contributed by atoms with Crippen LogP contribution in [0.1, 0.15) is 24.8 Å². The van der Waals surface area contributed by atoms with Gasteiger partial charge in [0.1, 0.15) is 5.82 Å². The maximum absolute atomic E-state index is 14.0. The monoisotopic (exact) mass is 462 g/mol. The molecule has 34 heavy (non-hydrogen) atoms. The van der Waals surface area contributed by atoms with E-state index in [0.29, 0.717) is 32.6 Å².